The summed E-state index contributed by atoms with van der Waals surface area (Å²) in [6.07, 6.45) is 0.706. The summed E-state index contributed by atoms with van der Waals surface area (Å²) in [5, 5.41) is 4.50. The third kappa shape index (κ3) is 3.28. The molecule has 0 aliphatic carbocycles. The molecule has 1 aromatic heterocycles. The lowest BCUT2D eigenvalue weighted by molar-refractivity contribution is 0.0288. The largest absolute Gasteiger partial charge is 0.444 e. The van der Waals surface area contributed by atoms with Crippen molar-refractivity contribution in [3.05, 3.63) is 17.5 Å². The SMILES string of the molecule is Cc1cc(C)n(C2CCN(C(=O)OC(C)(C)C)C2)n1. The Bertz CT molecular complexity index is 474. The third-order valence-corrected chi connectivity index (χ3v) is 3.21. The zero-order valence-corrected chi connectivity index (χ0v) is 12.4. The van der Waals surface area contributed by atoms with Crippen LogP contribution in [0.1, 0.15) is 44.6 Å². The van der Waals surface area contributed by atoms with Crippen LogP contribution in [0, 0.1) is 13.8 Å². The molecular weight excluding hydrogens is 242 g/mol. The zero-order valence-electron chi connectivity index (χ0n) is 12.4. The van der Waals surface area contributed by atoms with Gasteiger partial charge in [-0.05, 0) is 47.1 Å². The van der Waals surface area contributed by atoms with E-state index in [4.69, 9.17) is 4.74 Å². The van der Waals surface area contributed by atoms with Gasteiger partial charge in [-0.25, -0.2) is 4.79 Å². The van der Waals surface area contributed by atoms with Crippen molar-refractivity contribution in [3.63, 3.8) is 0 Å². The predicted molar refractivity (Wildman–Crippen MR) is 73.2 cm³/mol. The first kappa shape index (κ1) is 13.9. The summed E-state index contributed by atoms with van der Waals surface area (Å²) >= 11 is 0. The minimum Gasteiger partial charge on any atom is -0.444 e. The molecule has 2 rings (SSSR count). The number of hydrogen-bond acceptors (Lipinski definition) is 3. The molecule has 2 heterocycles. The van der Waals surface area contributed by atoms with E-state index in [0.29, 0.717) is 6.54 Å². The molecule has 1 fully saturated rings. The number of ether oxygens (including phenoxy) is 1. The number of amides is 1. The van der Waals surface area contributed by atoms with Crippen LogP contribution in [0.2, 0.25) is 0 Å². The Labute approximate surface area is 114 Å². The van der Waals surface area contributed by atoms with Crippen LogP contribution in [-0.4, -0.2) is 39.5 Å². The Morgan fingerprint density at radius 3 is 2.63 bits per heavy atom. The van der Waals surface area contributed by atoms with Crippen LogP contribution in [0.3, 0.4) is 0 Å². The molecule has 0 spiro atoms. The average Bonchev–Trinajstić information content (AvgIpc) is 2.82. The second kappa shape index (κ2) is 4.87. The standard InChI is InChI=1S/C14H23N3O2/c1-10-8-11(2)17(15-10)12-6-7-16(9-12)13(18)19-14(3,4)5/h8,12H,6-7,9H2,1-5H3. The van der Waals surface area contributed by atoms with Crippen LogP contribution >= 0.6 is 0 Å². The smallest absolute Gasteiger partial charge is 0.410 e. The van der Waals surface area contributed by atoms with Gasteiger partial charge in [0.2, 0.25) is 0 Å². The number of rotatable bonds is 1. The van der Waals surface area contributed by atoms with E-state index in [0.717, 1.165) is 24.4 Å². The van der Waals surface area contributed by atoms with Crippen molar-refractivity contribution in [3.8, 4) is 0 Å². The Balaban J connectivity index is 2.00. The van der Waals surface area contributed by atoms with Gasteiger partial charge in [0.25, 0.3) is 0 Å². The topological polar surface area (TPSA) is 47.4 Å². The lowest BCUT2D eigenvalue weighted by atomic mass is 10.2. The van der Waals surface area contributed by atoms with Gasteiger partial charge in [-0.2, -0.15) is 5.10 Å². The first-order chi connectivity index (χ1) is 8.76. The fourth-order valence-electron chi connectivity index (χ4n) is 2.45. The molecule has 0 radical (unpaired) electrons. The molecule has 0 N–H and O–H groups in total. The van der Waals surface area contributed by atoms with Crippen molar-refractivity contribution < 1.29 is 9.53 Å². The number of hydrogen-bond donors (Lipinski definition) is 0. The van der Waals surface area contributed by atoms with E-state index in [1.165, 1.54) is 0 Å². The molecule has 1 aliphatic rings. The number of nitrogens with zero attached hydrogens (tertiary/aromatic N) is 3. The number of aryl methyl sites for hydroxylation is 2. The maximum Gasteiger partial charge on any atom is 0.410 e. The van der Waals surface area contributed by atoms with Gasteiger partial charge >= 0.3 is 6.09 Å². The minimum absolute atomic E-state index is 0.225. The molecule has 1 aliphatic heterocycles. The molecule has 1 atom stereocenters. The van der Waals surface area contributed by atoms with Gasteiger partial charge in [-0.3, -0.25) is 4.68 Å². The molecule has 5 nitrogen and oxygen atoms in total. The van der Waals surface area contributed by atoms with E-state index < -0.39 is 5.60 Å². The highest BCUT2D eigenvalue weighted by Gasteiger charge is 2.31. The van der Waals surface area contributed by atoms with E-state index >= 15 is 0 Å². The first-order valence-corrected chi connectivity index (χ1v) is 6.77. The summed E-state index contributed by atoms with van der Waals surface area (Å²) < 4.78 is 7.43. The van der Waals surface area contributed by atoms with E-state index in [-0.39, 0.29) is 12.1 Å². The van der Waals surface area contributed by atoms with E-state index in [9.17, 15) is 4.79 Å². The Morgan fingerprint density at radius 2 is 2.11 bits per heavy atom. The van der Waals surface area contributed by atoms with Gasteiger partial charge in [-0.15, -0.1) is 0 Å². The quantitative estimate of drug-likeness (QED) is 0.784. The third-order valence-electron chi connectivity index (χ3n) is 3.21. The normalized spacial score (nSPS) is 19.8. The van der Waals surface area contributed by atoms with Crippen molar-refractivity contribution in [2.24, 2.45) is 0 Å². The number of carbonyl (C=O) groups excluding carboxylic acids is 1. The number of likely N-dealkylation sites (tertiary alicyclic amines) is 1. The van der Waals surface area contributed by atoms with Crippen molar-refractivity contribution in [2.45, 2.75) is 52.7 Å². The van der Waals surface area contributed by atoms with Crippen molar-refractivity contribution in [1.82, 2.24) is 14.7 Å². The second-order valence-corrected chi connectivity index (χ2v) is 6.24. The van der Waals surface area contributed by atoms with Crippen LogP contribution in [0.4, 0.5) is 4.79 Å². The van der Waals surface area contributed by atoms with Crippen LogP contribution in [0.15, 0.2) is 6.07 Å². The van der Waals surface area contributed by atoms with Crippen LogP contribution < -0.4 is 0 Å². The molecule has 1 aromatic rings. The van der Waals surface area contributed by atoms with E-state index in [1.807, 2.05) is 32.4 Å². The van der Waals surface area contributed by atoms with Gasteiger partial charge in [0.1, 0.15) is 5.60 Å². The van der Waals surface area contributed by atoms with Crippen molar-refractivity contribution >= 4 is 6.09 Å². The first-order valence-electron chi connectivity index (χ1n) is 6.77. The fourth-order valence-corrected chi connectivity index (χ4v) is 2.45. The fraction of sp³-hybridized carbons (Fsp3) is 0.714. The lowest BCUT2D eigenvalue weighted by Crippen LogP contribution is -2.35. The van der Waals surface area contributed by atoms with E-state index in [1.54, 1.807) is 4.90 Å². The summed E-state index contributed by atoms with van der Waals surface area (Å²) in [7, 11) is 0. The molecule has 0 aromatic carbocycles. The Kier molecular flexibility index (Phi) is 3.56. The van der Waals surface area contributed by atoms with Crippen LogP contribution in [0.25, 0.3) is 0 Å². The molecule has 106 valence electrons. The molecule has 19 heavy (non-hydrogen) atoms. The summed E-state index contributed by atoms with van der Waals surface area (Å²) in [6.45, 7) is 11.1. The molecule has 0 bridgehead atoms. The highest BCUT2D eigenvalue weighted by atomic mass is 16.6. The van der Waals surface area contributed by atoms with Crippen LogP contribution in [-0.2, 0) is 4.74 Å². The second-order valence-electron chi connectivity index (χ2n) is 6.24. The van der Waals surface area contributed by atoms with Crippen LogP contribution in [0.5, 0.6) is 0 Å². The maximum absolute atomic E-state index is 12.0. The molecule has 1 saturated heterocycles. The lowest BCUT2D eigenvalue weighted by Gasteiger charge is -2.24. The minimum atomic E-state index is -0.437. The number of aromatic nitrogens is 2. The van der Waals surface area contributed by atoms with Crippen molar-refractivity contribution in [2.75, 3.05) is 13.1 Å². The number of carbonyl (C=O) groups is 1. The Morgan fingerprint density at radius 1 is 1.42 bits per heavy atom. The van der Waals surface area contributed by atoms with Gasteiger partial charge in [-0.1, -0.05) is 0 Å². The van der Waals surface area contributed by atoms with Gasteiger partial charge < -0.3 is 9.64 Å². The molecule has 5 heteroatoms. The molecule has 0 saturated carbocycles. The summed E-state index contributed by atoms with van der Waals surface area (Å²) in [4.78, 5) is 13.8. The predicted octanol–water partition coefficient (Wildman–Crippen LogP) is 2.68. The van der Waals surface area contributed by atoms with Crippen molar-refractivity contribution in [1.29, 1.82) is 0 Å². The molecular formula is C14H23N3O2. The Hall–Kier alpha value is -1.52. The zero-order chi connectivity index (χ0) is 14.2. The summed E-state index contributed by atoms with van der Waals surface area (Å²) in [5.74, 6) is 0. The van der Waals surface area contributed by atoms with Gasteiger partial charge in [0.05, 0.1) is 11.7 Å². The highest BCUT2D eigenvalue weighted by molar-refractivity contribution is 5.68. The van der Waals surface area contributed by atoms with Gasteiger partial charge in [0, 0.05) is 18.8 Å². The van der Waals surface area contributed by atoms with Gasteiger partial charge in [0.15, 0.2) is 0 Å². The molecule has 1 unspecified atom stereocenters. The summed E-state index contributed by atoms with van der Waals surface area (Å²) in [5.41, 5.74) is 1.73. The summed E-state index contributed by atoms with van der Waals surface area (Å²) in [6, 6.07) is 2.33. The monoisotopic (exact) mass is 265 g/mol. The van der Waals surface area contributed by atoms with E-state index in [2.05, 4.69) is 18.1 Å². The highest BCUT2D eigenvalue weighted by Crippen LogP contribution is 2.24. The maximum atomic E-state index is 12.0. The molecule has 1 amide bonds. The average molecular weight is 265 g/mol.